The average molecular weight is 340 g/mol. The van der Waals surface area contributed by atoms with E-state index in [1.165, 1.54) is 4.90 Å². The van der Waals surface area contributed by atoms with Gasteiger partial charge in [0, 0.05) is 4.83 Å². The summed E-state index contributed by atoms with van der Waals surface area (Å²) in [6.07, 6.45) is -0.498. The van der Waals surface area contributed by atoms with Crippen LogP contribution >= 0.6 is 15.9 Å². The summed E-state index contributed by atoms with van der Waals surface area (Å²) in [5, 5.41) is 0. The van der Waals surface area contributed by atoms with Gasteiger partial charge in [0.05, 0.1) is 18.4 Å². The zero-order valence-corrected chi connectivity index (χ0v) is 12.4. The van der Waals surface area contributed by atoms with Crippen molar-refractivity contribution in [1.82, 2.24) is 4.90 Å². The minimum absolute atomic E-state index is 0.149. The fourth-order valence-electron chi connectivity index (χ4n) is 3.09. The molecule has 2 aliphatic rings. The van der Waals surface area contributed by atoms with E-state index in [1.54, 1.807) is 0 Å². The van der Waals surface area contributed by atoms with Crippen molar-refractivity contribution in [2.45, 2.75) is 30.4 Å². The second-order valence-electron chi connectivity index (χ2n) is 5.46. The zero-order valence-electron chi connectivity index (χ0n) is 10.8. The Hall–Kier alpha value is -1.23. The van der Waals surface area contributed by atoms with E-state index in [9.17, 15) is 14.0 Å². The lowest BCUT2D eigenvalue weighted by Gasteiger charge is -2.28. The zero-order chi connectivity index (χ0) is 14.3. The van der Waals surface area contributed by atoms with Crippen LogP contribution in [0, 0.1) is 11.8 Å². The molecule has 1 aliphatic heterocycles. The monoisotopic (exact) mass is 339 g/mol. The number of likely N-dealkylation sites (tertiary alicyclic amines) is 1. The van der Waals surface area contributed by atoms with Crippen molar-refractivity contribution in [3.8, 4) is 0 Å². The summed E-state index contributed by atoms with van der Waals surface area (Å²) in [4.78, 5) is 25.7. The minimum Gasteiger partial charge on any atom is -0.278 e. The fraction of sp³-hybridized carbons (Fsp3) is 0.467. The van der Waals surface area contributed by atoms with Crippen LogP contribution in [0.5, 0.6) is 0 Å². The number of carbonyl (C=O) groups is 2. The largest absolute Gasteiger partial charge is 0.278 e. The Balaban J connectivity index is 1.80. The average Bonchev–Trinajstić information content (AvgIpc) is 2.66. The fourth-order valence-corrected chi connectivity index (χ4v) is 3.70. The molecule has 1 saturated carbocycles. The molecule has 0 aromatic heterocycles. The van der Waals surface area contributed by atoms with Crippen LogP contribution in [0.1, 0.15) is 18.4 Å². The standard InChI is InChI=1S/C15H15BrFNO2/c16-12-6-10-11(7-13(12)17)15(20)18(14(10)19)8-9-4-2-1-3-5-9/h1-5,10-13H,6-8H2/t10-,11-,12-,13-/m0/s1. The lowest BCUT2D eigenvalue weighted by atomic mass is 9.80. The molecular weight excluding hydrogens is 325 g/mol. The van der Waals surface area contributed by atoms with Crippen molar-refractivity contribution >= 4 is 27.7 Å². The number of carbonyl (C=O) groups excluding carboxylic acids is 2. The molecule has 3 rings (SSSR count). The summed E-state index contributed by atoms with van der Waals surface area (Å²) in [6.45, 7) is 0.287. The van der Waals surface area contributed by atoms with Gasteiger partial charge in [-0.25, -0.2) is 4.39 Å². The van der Waals surface area contributed by atoms with Crippen LogP contribution in [-0.2, 0) is 16.1 Å². The van der Waals surface area contributed by atoms with Crippen molar-refractivity contribution in [1.29, 1.82) is 0 Å². The summed E-state index contributed by atoms with van der Waals surface area (Å²) in [6, 6.07) is 9.40. The van der Waals surface area contributed by atoms with E-state index < -0.39 is 12.1 Å². The molecule has 2 fully saturated rings. The van der Waals surface area contributed by atoms with Crippen molar-refractivity contribution < 1.29 is 14.0 Å². The van der Waals surface area contributed by atoms with E-state index in [0.717, 1.165) is 5.56 Å². The third-order valence-corrected chi connectivity index (χ3v) is 5.13. The van der Waals surface area contributed by atoms with E-state index in [4.69, 9.17) is 0 Å². The van der Waals surface area contributed by atoms with Gasteiger partial charge in [0.25, 0.3) is 0 Å². The van der Waals surface area contributed by atoms with Gasteiger partial charge in [-0.1, -0.05) is 46.3 Å². The van der Waals surface area contributed by atoms with E-state index >= 15 is 0 Å². The Morgan fingerprint density at radius 2 is 1.70 bits per heavy atom. The maximum atomic E-state index is 13.7. The van der Waals surface area contributed by atoms with Gasteiger partial charge in [-0.3, -0.25) is 14.5 Å². The van der Waals surface area contributed by atoms with Gasteiger partial charge in [0.15, 0.2) is 0 Å². The van der Waals surface area contributed by atoms with Crippen LogP contribution < -0.4 is 0 Å². The molecule has 1 saturated heterocycles. The number of amides is 2. The van der Waals surface area contributed by atoms with E-state index in [1.807, 2.05) is 30.3 Å². The Labute approximate surface area is 125 Å². The Morgan fingerprint density at radius 1 is 1.10 bits per heavy atom. The first-order chi connectivity index (χ1) is 9.58. The number of alkyl halides is 2. The Bertz CT molecular complexity index is 508. The van der Waals surface area contributed by atoms with Crippen molar-refractivity contribution in [3.05, 3.63) is 35.9 Å². The van der Waals surface area contributed by atoms with Crippen molar-refractivity contribution in [2.75, 3.05) is 0 Å². The van der Waals surface area contributed by atoms with Crippen molar-refractivity contribution in [3.63, 3.8) is 0 Å². The van der Waals surface area contributed by atoms with Crippen LogP contribution in [-0.4, -0.2) is 27.7 Å². The quantitative estimate of drug-likeness (QED) is 0.613. The molecule has 106 valence electrons. The highest BCUT2D eigenvalue weighted by Gasteiger charge is 2.52. The van der Waals surface area contributed by atoms with Crippen LogP contribution in [0.2, 0.25) is 0 Å². The van der Waals surface area contributed by atoms with Gasteiger partial charge in [0.2, 0.25) is 11.8 Å². The first kappa shape index (κ1) is 13.7. The predicted octanol–water partition coefficient (Wildman–Crippen LogP) is 2.68. The van der Waals surface area contributed by atoms with Crippen LogP contribution in [0.25, 0.3) is 0 Å². The molecule has 5 heteroatoms. The van der Waals surface area contributed by atoms with Gasteiger partial charge >= 0.3 is 0 Å². The van der Waals surface area contributed by atoms with Crippen LogP contribution in [0.4, 0.5) is 4.39 Å². The first-order valence-corrected chi connectivity index (χ1v) is 7.67. The molecule has 3 nitrogen and oxygen atoms in total. The van der Waals surface area contributed by atoms with Gasteiger partial charge in [-0.05, 0) is 18.4 Å². The highest BCUT2D eigenvalue weighted by molar-refractivity contribution is 9.09. The normalized spacial score (nSPS) is 33.4. The highest BCUT2D eigenvalue weighted by atomic mass is 79.9. The molecule has 1 aliphatic carbocycles. The van der Waals surface area contributed by atoms with Gasteiger partial charge in [0.1, 0.15) is 6.17 Å². The highest BCUT2D eigenvalue weighted by Crippen LogP contribution is 2.42. The lowest BCUT2D eigenvalue weighted by Crippen LogP contribution is -2.34. The van der Waals surface area contributed by atoms with E-state index in [2.05, 4.69) is 15.9 Å². The molecule has 20 heavy (non-hydrogen) atoms. The molecule has 1 aromatic carbocycles. The van der Waals surface area contributed by atoms with E-state index in [-0.39, 0.29) is 35.5 Å². The molecule has 4 atom stereocenters. The maximum absolute atomic E-state index is 13.7. The molecule has 0 radical (unpaired) electrons. The second-order valence-corrected chi connectivity index (χ2v) is 6.64. The molecular formula is C15H15BrFNO2. The van der Waals surface area contributed by atoms with Gasteiger partial charge in [-0.2, -0.15) is 0 Å². The molecule has 0 bridgehead atoms. The van der Waals surface area contributed by atoms with Gasteiger partial charge < -0.3 is 0 Å². The number of fused-ring (bicyclic) bond motifs is 1. The summed E-state index contributed by atoms with van der Waals surface area (Å²) in [7, 11) is 0. The summed E-state index contributed by atoms with van der Waals surface area (Å²) < 4.78 is 13.7. The summed E-state index contributed by atoms with van der Waals surface area (Å²) >= 11 is 3.27. The first-order valence-electron chi connectivity index (χ1n) is 6.75. The van der Waals surface area contributed by atoms with Crippen molar-refractivity contribution in [2.24, 2.45) is 11.8 Å². The Morgan fingerprint density at radius 3 is 2.35 bits per heavy atom. The number of halogens is 2. The number of imide groups is 1. The Kier molecular flexibility index (Phi) is 3.63. The van der Waals surface area contributed by atoms with E-state index in [0.29, 0.717) is 6.42 Å². The lowest BCUT2D eigenvalue weighted by molar-refractivity contribution is -0.140. The molecule has 1 aromatic rings. The SMILES string of the molecule is O=C1[C@H]2C[C@H](F)[C@@H](Br)C[C@@H]2C(=O)N1Cc1ccccc1. The molecule has 0 unspecified atom stereocenters. The number of hydrogen-bond donors (Lipinski definition) is 0. The maximum Gasteiger partial charge on any atom is 0.233 e. The summed E-state index contributed by atoms with van der Waals surface area (Å²) in [5.41, 5.74) is 0.917. The number of rotatable bonds is 2. The van der Waals surface area contributed by atoms with Crippen LogP contribution in [0.15, 0.2) is 30.3 Å². The molecule has 0 N–H and O–H groups in total. The summed E-state index contributed by atoms with van der Waals surface area (Å²) in [5.74, 6) is -1.20. The third kappa shape index (κ3) is 2.28. The predicted molar refractivity (Wildman–Crippen MR) is 75.8 cm³/mol. The van der Waals surface area contributed by atoms with Crippen LogP contribution in [0.3, 0.4) is 0 Å². The molecule has 2 amide bonds. The topological polar surface area (TPSA) is 37.4 Å². The number of nitrogens with zero attached hydrogens (tertiary/aromatic N) is 1. The smallest absolute Gasteiger partial charge is 0.233 e. The number of hydrogen-bond acceptors (Lipinski definition) is 2. The van der Waals surface area contributed by atoms with Gasteiger partial charge in [-0.15, -0.1) is 0 Å². The molecule has 1 heterocycles. The second kappa shape index (κ2) is 5.28. The minimum atomic E-state index is -1.05. The third-order valence-electron chi connectivity index (χ3n) is 4.19. The molecule has 0 spiro atoms. The number of benzene rings is 1.